The summed E-state index contributed by atoms with van der Waals surface area (Å²) in [5.74, 6) is -0.0777. The van der Waals surface area contributed by atoms with Crippen LogP contribution in [0.5, 0.6) is 5.75 Å². The molecule has 3 rings (SSSR count). The highest BCUT2D eigenvalue weighted by Gasteiger charge is 2.20. The Labute approximate surface area is 200 Å². The van der Waals surface area contributed by atoms with Gasteiger partial charge in [-0.05, 0) is 67.1 Å². The van der Waals surface area contributed by atoms with Crippen LogP contribution in [0.15, 0.2) is 82.2 Å². The van der Waals surface area contributed by atoms with Crippen LogP contribution >= 0.6 is 27.5 Å². The van der Waals surface area contributed by atoms with Crippen molar-refractivity contribution in [2.75, 3.05) is 16.6 Å². The topological polar surface area (TPSA) is 84.5 Å². The summed E-state index contributed by atoms with van der Waals surface area (Å²) in [5, 5.41) is 3.26. The molecule has 0 radical (unpaired) electrons. The molecule has 0 aromatic heterocycles. The third kappa shape index (κ3) is 6.35. The van der Waals surface area contributed by atoms with Crippen molar-refractivity contribution in [2.45, 2.75) is 11.8 Å². The second-order valence-corrected chi connectivity index (χ2v) is 9.52. The first-order valence-electron chi connectivity index (χ1n) is 9.57. The highest BCUT2D eigenvalue weighted by molar-refractivity contribution is 9.10. The zero-order valence-electron chi connectivity index (χ0n) is 17.0. The van der Waals surface area contributed by atoms with E-state index in [9.17, 15) is 13.2 Å². The van der Waals surface area contributed by atoms with Crippen LogP contribution in [0.1, 0.15) is 12.5 Å². The molecule has 0 aliphatic rings. The molecule has 32 heavy (non-hydrogen) atoms. The summed E-state index contributed by atoms with van der Waals surface area (Å²) in [7, 11) is -3.88. The molecule has 0 atom stereocenters. The van der Waals surface area contributed by atoms with E-state index in [0.29, 0.717) is 27.5 Å². The lowest BCUT2D eigenvalue weighted by Gasteiger charge is -2.13. The van der Waals surface area contributed by atoms with E-state index in [1.165, 1.54) is 12.1 Å². The molecule has 3 aromatic carbocycles. The molecule has 2 N–H and O–H groups in total. The van der Waals surface area contributed by atoms with Crippen molar-refractivity contribution in [2.24, 2.45) is 0 Å². The second-order valence-electron chi connectivity index (χ2n) is 6.55. The van der Waals surface area contributed by atoms with Crippen LogP contribution in [0.4, 0.5) is 11.4 Å². The first-order chi connectivity index (χ1) is 15.3. The van der Waals surface area contributed by atoms with E-state index < -0.39 is 10.0 Å². The van der Waals surface area contributed by atoms with Gasteiger partial charge in [-0.3, -0.25) is 9.52 Å². The van der Waals surface area contributed by atoms with Gasteiger partial charge in [0.2, 0.25) is 5.91 Å². The van der Waals surface area contributed by atoms with E-state index in [-0.39, 0.29) is 16.6 Å². The van der Waals surface area contributed by atoms with Gasteiger partial charge in [0.15, 0.2) is 0 Å². The number of halogens is 2. The molecule has 166 valence electrons. The Morgan fingerprint density at radius 2 is 1.75 bits per heavy atom. The van der Waals surface area contributed by atoms with Gasteiger partial charge in [0.05, 0.1) is 6.61 Å². The van der Waals surface area contributed by atoms with Crippen molar-refractivity contribution in [3.63, 3.8) is 0 Å². The number of carbonyl (C=O) groups excluding carboxylic acids is 1. The van der Waals surface area contributed by atoms with Crippen molar-refractivity contribution in [3.05, 3.63) is 87.9 Å². The molecule has 0 aliphatic carbocycles. The molecule has 0 aliphatic heterocycles. The zero-order valence-corrected chi connectivity index (χ0v) is 20.2. The monoisotopic (exact) mass is 534 g/mol. The van der Waals surface area contributed by atoms with Crippen LogP contribution < -0.4 is 14.8 Å². The van der Waals surface area contributed by atoms with Gasteiger partial charge in [-0.15, -0.1) is 0 Å². The number of ether oxygens (including phenoxy) is 1. The Morgan fingerprint density at radius 1 is 1.06 bits per heavy atom. The van der Waals surface area contributed by atoms with Crippen molar-refractivity contribution in [1.29, 1.82) is 0 Å². The van der Waals surface area contributed by atoms with E-state index in [4.69, 9.17) is 16.3 Å². The molecule has 3 aromatic rings. The van der Waals surface area contributed by atoms with Crippen LogP contribution in [-0.2, 0) is 14.8 Å². The Hall–Kier alpha value is -2.81. The summed E-state index contributed by atoms with van der Waals surface area (Å²) in [6.45, 7) is 2.12. The molecule has 6 nitrogen and oxygen atoms in total. The molecule has 9 heteroatoms. The van der Waals surface area contributed by atoms with E-state index in [0.717, 1.165) is 5.56 Å². The normalized spacial score (nSPS) is 11.3. The molecule has 0 heterocycles. The summed E-state index contributed by atoms with van der Waals surface area (Å²) in [5.41, 5.74) is 1.59. The van der Waals surface area contributed by atoms with E-state index in [1.807, 2.05) is 12.1 Å². The first kappa shape index (κ1) is 23.8. The number of nitrogens with one attached hydrogen (secondary N) is 2. The van der Waals surface area contributed by atoms with Gasteiger partial charge in [0.25, 0.3) is 10.0 Å². The quantitative estimate of drug-likeness (QED) is 0.349. The molecule has 1 amide bonds. The average molecular weight is 536 g/mol. The van der Waals surface area contributed by atoms with Crippen molar-refractivity contribution in [3.8, 4) is 5.75 Å². The summed E-state index contributed by atoms with van der Waals surface area (Å²) >= 11 is 9.36. The van der Waals surface area contributed by atoms with Gasteiger partial charge < -0.3 is 10.1 Å². The van der Waals surface area contributed by atoms with Crippen LogP contribution in [0.25, 0.3) is 6.08 Å². The minimum atomic E-state index is -3.88. The van der Waals surface area contributed by atoms with Crippen molar-refractivity contribution < 1.29 is 17.9 Å². The molecule has 0 fully saturated rings. The summed E-state index contributed by atoms with van der Waals surface area (Å²) < 4.78 is 34.3. The highest BCUT2D eigenvalue weighted by atomic mass is 79.9. The average Bonchev–Trinajstić information content (AvgIpc) is 2.76. The fourth-order valence-electron chi connectivity index (χ4n) is 2.76. The SMILES string of the molecule is CCOc1ccc(Br)cc1S(=O)(=O)Nc1ccc(NC(=O)C=Cc2ccccc2Cl)cc1. The number of hydrogen-bond acceptors (Lipinski definition) is 4. The Bertz CT molecular complexity index is 1250. The summed E-state index contributed by atoms with van der Waals surface area (Å²) in [6, 6.07) is 18.3. The lowest BCUT2D eigenvalue weighted by molar-refractivity contribution is -0.111. The summed E-state index contributed by atoms with van der Waals surface area (Å²) in [6.07, 6.45) is 2.99. The number of carbonyl (C=O) groups is 1. The van der Waals surface area contributed by atoms with Crippen molar-refractivity contribution in [1.82, 2.24) is 0 Å². The van der Waals surface area contributed by atoms with Crippen LogP contribution in [0, 0.1) is 0 Å². The van der Waals surface area contributed by atoms with Crippen LogP contribution in [0.3, 0.4) is 0 Å². The van der Waals surface area contributed by atoms with Gasteiger partial charge in [-0.2, -0.15) is 0 Å². The Morgan fingerprint density at radius 3 is 2.44 bits per heavy atom. The molecule has 0 unspecified atom stereocenters. The van der Waals surface area contributed by atoms with Gasteiger partial charge in [-0.1, -0.05) is 45.7 Å². The number of anilines is 2. The maximum Gasteiger partial charge on any atom is 0.265 e. The van der Waals surface area contributed by atoms with E-state index in [1.54, 1.807) is 61.5 Å². The van der Waals surface area contributed by atoms with Gasteiger partial charge in [-0.25, -0.2) is 8.42 Å². The third-order valence-electron chi connectivity index (χ3n) is 4.22. The standard InChI is InChI=1S/C23H20BrClN2O4S/c1-2-31-21-13-8-17(24)15-22(21)32(29,30)27-19-11-9-18(10-12-19)26-23(28)14-7-16-5-3-4-6-20(16)25/h3-15,27H,2H2,1H3,(H,26,28). The lowest BCUT2D eigenvalue weighted by atomic mass is 10.2. The number of benzene rings is 3. The smallest absolute Gasteiger partial charge is 0.265 e. The lowest BCUT2D eigenvalue weighted by Crippen LogP contribution is -2.15. The van der Waals surface area contributed by atoms with Crippen LogP contribution in [-0.4, -0.2) is 20.9 Å². The van der Waals surface area contributed by atoms with Gasteiger partial charge in [0, 0.05) is 26.9 Å². The van der Waals surface area contributed by atoms with Crippen LogP contribution in [0.2, 0.25) is 5.02 Å². The molecule has 0 saturated heterocycles. The fourth-order valence-corrected chi connectivity index (χ4v) is 4.70. The fraction of sp³-hybridized carbons (Fsp3) is 0.0870. The predicted octanol–water partition coefficient (Wildman–Crippen LogP) is 5.95. The molecular weight excluding hydrogens is 516 g/mol. The Kier molecular flexibility index (Phi) is 7.95. The van der Waals surface area contributed by atoms with Crippen molar-refractivity contribution >= 4 is 60.9 Å². The number of sulfonamides is 1. The van der Waals surface area contributed by atoms with E-state index in [2.05, 4.69) is 26.0 Å². The number of amides is 1. The molecule has 0 spiro atoms. The number of rotatable bonds is 8. The highest BCUT2D eigenvalue weighted by Crippen LogP contribution is 2.29. The molecule has 0 bridgehead atoms. The maximum atomic E-state index is 12.9. The predicted molar refractivity (Wildman–Crippen MR) is 132 cm³/mol. The minimum absolute atomic E-state index is 0.0239. The third-order valence-corrected chi connectivity index (χ3v) is 6.46. The molecule has 0 saturated carbocycles. The second kappa shape index (κ2) is 10.7. The maximum absolute atomic E-state index is 12.9. The first-order valence-corrected chi connectivity index (χ1v) is 12.2. The van der Waals surface area contributed by atoms with Gasteiger partial charge in [0.1, 0.15) is 10.6 Å². The van der Waals surface area contributed by atoms with E-state index >= 15 is 0 Å². The minimum Gasteiger partial charge on any atom is -0.492 e. The summed E-state index contributed by atoms with van der Waals surface area (Å²) in [4.78, 5) is 12.2. The zero-order chi connectivity index (χ0) is 23.1. The Balaban J connectivity index is 1.69. The van der Waals surface area contributed by atoms with Gasteiger partial charge >= 0.3 is 0 Å². The largest absolute Gasteiger partial charge is 0.492 e. The number of hydrogen-bond donors (Lipinski definition) is 2. The molecular formula is C23H20BrClN2O4S.